The quantitative estimate of drug-likeness (QED) is 0.153. The molecule has 3 atom stereocenters. The first-order valence-corrected chi connectivity index (χ1v) is 17.6. The van der Waals surface area contributed by atoms with Gasteiger partial charge in [-0.25, -0.2) is 19.0 Å². The third kappa shape index (κ3) is 8.74. The molecule has 3 fully saturated rings. The molecule has 0 amide bonds. The Morgan fingerprint density at radius 1 is 1.00 bits per heavy atom. The van der Waals surface area contributed by atoms with Crippen LogP contribution in [0.3, 0.4) is 0 Å². The molecule has 0 spiro atoms. The van der Waals surface area contributed by atoms with E-state index in [1.165, 1.54) is 30.6 Å². The minimum absolute atomic E-state index is 0. The molecular weight excluding hydrogens is 708 g/mol. The van der Waals surface area contributed by atoms with E-state index >= 15 is 0 Å². The number of nitrogens with one attached hydrogen (secondary N) is 2. The number of aromatic nitrogens is 1. The van der Waals surface area contributed by atoms with Gasteiger partial charge in [-0.05, 0) is 79.4 Å². The number of rotatable bonds is 13. The molecular formula is C36H38Cl2FN3O7S. The predicted octanol–water partition coefficient (Wildman–Crippen LogP) is 6.46. The van der Waals surface area contributed by atoms with E-state index in [0.717, 1.165) is 30.8 Å². The maximum absolute atomic E-state index is 14.3. The van der Waals surface area contributed by atoms with Crippen LogP contribution in [0.5, 0.6) is 11.5 Å². The Morgan fingerprint density at radius 3 is 2.40 bits per heavy atom. The first-order chi connectivity index (χ1) is 23.7. The number of aromatic amines is 1. The van der Waals surface area contributed by atoms with Gasteiger partial charge in [-0.1, -0.05) is 41.4 Å². The fourth-order valence-electron chi connectivity index (χ4n) is 6.39. The van der Waals surface area contributed by atoms with Crippen LogP contribution in [0.25, 0.3) is 0 Å². The summed E-state index contributed by atoms with van der Waals surface area (Å²) in [5, 5.41) is 4.05. The summed E-state index contributed by atoms with van der Waals surface area (Å²) in [6.07, 6.45) is 4.46. The number of carbonyl (C=O) groups excluding carboxylic acids is 2. The van der Waals surface area contributed by atoms with Crippen LogP contribution in [0.15, 0.2) is 67.0 Å². The van der Waals surface area contributed by atoms with E-state index in [2.05, 4.69) is 15.2 Å². The lowest BCUT2D eigenvalue weighted by atomic mass is 9.86. The molecule has 4 aromatic rings. The van der Waals surface area contributed by atoms with Crippen molar-refractivity contribution in [2.24, 2.45) is 5.92 Å². The number of hydrogen-bond acceptors (Lipinski definition) is 10. The summed E-state index contributed by atoms with van der Waals surface area (Å²) < 4.78 is 37.2. The van der Waals surface area contributed by atoms with E-state index < -0.39 is 29.9 Å². The van der Waals surface area contributed by atoms with Gasteiger partial charge in [-0.15, -0.1) is 11.3 Å². The van der Waals surface area contributed by atoms with Crippen LogP contribution >= 0.6 is 34.5 Å². The molecule has 2 aromatic heterocycles. The molecule has 10 nitrogen and oxygen atoms in total. The minimum Gasteiger partial charge on any atom is -0.870 e. The maximum Gasteiger partial charge on any atom is 0.348 e. The Hall–Kier alpha value is -3.78. The number of esters is 2. The first-order valence-electron chi connectivity index (χ1n) is 16.0. The van der Waals surface area contributed by atoms with E-state index in [1.807, 2.05) is 0 Å². The van der Waals surface area contributed by atoms with Gasteiger partial charge in [-0.2, -0.15) is 0 Å². The van der Waals surface area contributed by atoms with Crippen LogP contribution in [0.1, 0.15) is 56.2 Å². The van der Waals surface area contributed by atoms with E-state index in [4.69, 9.17) is 42.1 Å². The lowest BCUT2D eigenvalue weighted by Gasteiger charge is -2.44. The molecule has 0 aliphatic carbocycles. The molecule has 2 aromatic carbocycles. The summed E-state index contributed by atoms with van der Waals surface area (Å²) in [4.78, 5) is 33.5. The largest absolute Gasteiger partial charge is 0.870 e. The molecule has 1 unspecified atom stereocenters. The third-order valence-corrected chi connectivity index (χ3v) is 10.8. The highest BCUT2D eigenvalue weighted by Crippen LogP contribution is 2.36. The summed E-state index contributed by atoms with van der Waals surface area (Å²) in [6.45, 7) is 3.00. The molecule has 3 N–H and O–H groups in total. The van der Waals surface area contributed by atoms with Crippen molar-refractivity contribution in [1.82, 2.24) is 10.2 Å². The van der Waals surface area contributed by atoms with E-state index in [0.29, 0.717) is 55.6 Å². The molecule has 50 heavy (non-hydrogen) atoms. The number of nitrogens with zero attached hydrogens (tertiary/aromatic N) is 1. The van der Waals surface area contributed by atoms with Gasteiger partial charge in [0.05, 0.1) is 14.2 Å². The fraction of sp³-hybridized carbons (Fsp3) is 0.361. The average molecular weight is 747 g/mol. The molecule has 0 radical (unpaired) electrons. The lowest BCUT2D eigenvalue weighted by Crippen LogP contribution is -2.52. The van der Waals surface area contributed by atoms with Crippen molar-refractivity contribution in [3.63, 3.8) is 0 Å². The maximum atomic E-state index is 14.3. The summed E-state index contributed by atoms with van der Waals surface area (Å²) in [5.74, 6) is -0.0990. The molecule has 3 aliphatic heterocycles. The van der Waals surface area contributed by atoms with Gasteiger partial charge in [-0.3, -0.25) is 10.2 Å². The van der Waals surface area contributed by atoms with Crippen molar-refractivity contribution < 1.29 is 43.4 Å². The number of hydrogen-bond donors (Lipinski definition) is 1. The Kier molecular flexibility index (Phi) is 12.7. The Morgan fingerprint density at radius 2 is 1.74 bits per heavy atom. The number of benzene rings is 2. The van der Waals surface area contributed by atoms with Crippen LogP contribution in [0, 0.1) is 11.7 Å². The second-order valence-corrected chi connectivity index (χ2v) is 14.1. The van der Waals surface area contributed by atoms with Gasteiger partial charge in [0.15, 0.2) is 23.9 Å². The van der Waals surface area contributed by atoms with Gasteiger partial charge in [0.25, 0.3) is 0 Å². The van der Waals surface area contributed by atoms with Crippen molar-refractivity contribution in [1.29, 1.82) is 0 Å². The summed E-state index contributed by atoms with van der Waals surface area (Å²) >= 11 is 14.2. The monoisotopic (exact) mass is 745 g/mol. The van der Waals surface area contributed by atoms with E-state index in [9.17, 15) is 14.0 Å². The van der Waals surface area contributed by atoms with E-state index in [1.54, 1.807) is 62.0 Å². The SMILES string of the molecule is COc1ccc([C@H](Cc2c(Cl)c[nH+]cc2Cl)OC(=O)c2ccc(CNC(C(=O)O[C@H]3CN4CCC3CC4)c3cccc(F)c3)s2)cc1OC.[OH-]. The highest BCUT2D eigenvalue weighted by atomic mass is 35.5. The summed E-state index contributed by atoms with van der Waals surface area (Å²) in [6, 6.07) is 13.8. The first kappa shape index (κ1) is 37.5. The van der Waals surface area contributed by atoms with Crippen LogP contribution < -0.4 is 19.8 Å². The zero-order valence-corrected chi connectivity index (χ0v) is 29.8. The van der Waals surface area contributed by atoms with Crippen molar-refractivity contribution in [2.45, 2.75) is 44.1 Å². The standard InChI is InChI=1S/C36H36Cl2FN3O6S.H2O/c1-45-29-8-6-22(15-31(29)46-2)30(16-26-27(37)18-40-19-28(26)38)47-35(43)33-9-7-25(49-33)17-41-34(23-4-3-5-24(39)14-23)36(44)48-32-20-42-12-10-21(32)11-13-42;/h3-9,14-15,18-19,21,30,32,34,41H,10-13,16-17,20H2,1-2H3;1H2/t30-,32-,34?;/m0./s1. The number of piperidine rings is 3. The van der Waals surface area contributed by atoms with Gasteiger partial charge in [0.1, 0.15) is 39.0 Å². The number of thiophene rings is 1. The molecule has 5 heterocycles. The van der Waals surface area contributed by atoms with Crippen LogP contribution in [-0.4, -0.2) is 62.3 Å². The van der Waals surface area contributed by atoms with Crippen molar-refractivity contribution in [3.05, 3.63) is 109 Å². The molecule has 3 aliphatic rings. The number of pyridine rings is 1. The molecule has 14 heteroatoms. The van der Waals surface area contributed by atoms with Crippen molar-refractivity contribution >= 4 is 46.5 Å². The second-order valence-electron chi connectivity index (χ2n) is 12.1. The second kappa shape index (κ2) is 17.0. The van der Waals surface area contributed by atoms with Crippen LogP contribution in [-0.2, 0) is 27.2 Å². The summed E-state index contributed by atoms with van der Waals surface area (Å²) in [5.41, 5.74) is 1.74. The molecule has 7 rings (SSSR count). The summed E-state index contributed by atoms with van der Waals surface area (Å²) in [7, 11) is 3.07. The highest BCUT2D eigenvalue weighted by Gasteiger charge is 2.38. The van der Waals surface area contributed by atoms with Crippen LogP contribution in [0.2, 0.25) is 10.0 Å². The van der Waals surface area contributed by atoms with Gasteiger partial charge in [0, 0.05) is 30.0 Å². The zero-order chi connectivity index (χ0) is 34.5. The zero-order valence-electron chi connectivity index (χ0n) is 27.5. The predicted molar refractivity (Wildman–Crippen MR) is 186 cm³/mol. The van der Waals surface area contributed by atoms with Gasteiger partial charge >= 0.3 is 11.9 Å². The minimum atomic E-state index is -0.893. The van der Waals surface area contributed by atoms with Crippen molar-refractivity contribution in [2.75, 3.05) is 33.9 Å². The van der Waals surface area contributed by atoms with Gasteiger partial charge < -0.3 is 24.4 Å². The Labute approximate surface area is 303 Å². The number of methoxy groups -OCH3 is 2. The normalized spacial score (nSPS) is 19.2. The number of ether oxygens (including phenoxy) is 4. The average Bonchev–Trinajstić information content (AvgIpc) is 3.59. The fourth-order valence-corrected chi connectivity index (χ4v) is 7.77. The number of fused-ring (bicyclic) bond motifs is 3. The van der Waals surface area contributed by atoms with Crippen molar-refractivity contribution in [3.8, 4) is 11.5 Å². The lowest BCUT2D eigenvalue weighted by molar-refractivity contribution is -0.377. The van der Waals surface area contributed by atoms with Crippen LogP contribution in [0.4, 0.5) is 4.39 Å². The molecule has 266 valence electrons. The molecule has 0 saturated carbocycles. The highest BCUT2D eigenvalue weighted by molar-refractivity contribution is 7.13. The number of H-pyrrole nitrogens is 1. The number of carbonyl (C=O) groups is 2. The molecule has 3 saturated heterocycles. The Balaban J connectivity index is 0.00000486. The Bertz CT molecular complexity index is 1780. The smallest absolute Gasteiger partial charge is 0.348 e. The van der Waals surface area contributed by atoms with Gasteiger partial charge in [0.2, 0.25) is 0 Å². The number of halogens is 3. The topological polar surface area (TPSA) is 130 Å². The molecule has 2 bridgehead atoms. The third-order valence-electron chi connectivity index (χ3n) is 9.04. The van der Waals surface area contributed by atoms with E-state index in [-0.39, 0.29) is 24.5 Å².